The first-order valence-electron chi connectivity index (χ1n) is 6.86. The quantitative estimate of drug-likeness (QED) is 0.695. The molecule has 0 bridgehead atoms. The van der Waals surface area contributed by atoms with Gasteiger partial charge in [0.1, 0.15) is 5.82 Å². The third-order valence-corrected chi connectivity index (χ3v) is 3.55. The molecule has 3 rings (SSSR count). The van der Waals surface area contributed by atoms with Crippen molar-refractivity contribution >= 4 is 17.0 Å². The SMILES string of the molecule is CON(C)C(=O)c1cc(-c2ccc(F)cc2)nc2onc(C)c12. The lowest BCUT2D eigenvalue weighted by atomic mass is 10.1. The van der Waals surface area contributed by atoms with E-state index in [1.807, 2.05) is 0 Å². The second-order valence-electron chi connectivity index (χ2n) is 5.00. The molecule has 23 heavy (non-hydrogen) atoms. The number of rotatable bonds is 3. The highest BCUT2D eigenvalue weighted by Crippen LogP contribution is 2.27. The van der Waals surface area contributed by atoms with Gasteiger partial charge in [0.05, 0.1) is 29.4 Å². The van der Waals surface area contributed by atoms with E-state index in [0.717, 1.165) is 5.06 Å². The molecule has 0 fully saturated rings. The molecule has 0 saturated heterocycles. The van der Waals surface area contributed by atoms with E-state index in [9.17, 15) is 9.18 Å². The van der Waals surface area contributed by atoms with Gasteiger partial charge < -0.3 is 4.52 Å². The summed E-state index contributed by atoms with van der Waals surface area (Å²) >= 11 is 0. The fourth-order valence-corrected chi connectivity index (χ4v) is 2.28. The van der Waals surface area contributed by atoms with Crippen molar-refractivity contribution in [3.63, 3.8) is 0 Å². The van der Waals surface area contributed by atoms with Gasteiger partial charge in [-0.05, 0) is 37.3 Å². The highest BCUT2D eigenvalue weighted by Gasteiger charge is 2.21. The van der Waals surface area contributed by atoms with Crippen LogP contribution in [0.3, 0.4) is 0 Å². The van der Waals surface area contributed by atoms with Crippen LogP contribution in [-0.4, -0.2) is 35.3 Å². The summed E-state index contributed by atoms with van der Waals surface area (Å²) in [6.45, 7) is 1.73. The maximum Gasteiger partial charge on any atom is 0.278 e. The Balaban J connectivity index is 2.22. The van der Waals surface area contributed by atoms with Gasteiger partial charge in [-0.15, -0.1) is 0 Å². The van der Waals surface area contributed by atoms with E-state index in [0.29, 0.717) is 27.9 Å². The smallest absolute Gasteiger partial charge is 0.278 e. The summed E-state index contributed by atoms with van der Waals surface area (Å²) in [5.41, 5.74) is 2.32. The summed E-state index contributed by atoms with van der Waals surface area (Å²) in [6, 6.07) is 7.45. The fraction of sp³-hybridized carbons (Fsp3) is 0.188. The first kappa shape index (κ1) is 15.1. The number of hydroxylamine groups is 2. The van der Waals surface area contributed by atoms with Gasteiger partial charge in [-0.25, -0.2) is 14.4 Å². The Morgan fingerprint density at radius 2 is 2.00 bits per heavy atom. The van der Waals surface area contributed by atoms with E-state index >= 15 is 0 Å². The van der Waals surface area contributed by atoms with Gasteiger partial charge in [0.25, 0.3) is 11.6 Å². The number of halogens is 1. The summed E-state index contributed by atoms with van der Waals surface area (Å²) in [5, 5.41) is 5.50. The van der Waals surface area contributed by atoms with Crippen LogP contribution in [-0.2, 0) is 4.84 Å². The lowest BCUT2D eigenvalue weighted by molar-refractivity contribution is -0.0755. The van der Waals surface area contributed by atoms with Crippen LogP contribution in [0.4, 0.5) is 4.39 Å². The van der Waals surface area contributed by atoms with Crippen LogP contribution in [0.1, 0.15) is 16.1 Å². The van der Waals surface area contributed by atoms with Crippen molar-refractivity contribution in [1.29, 1.82) is 0 Å². The third-order valence-electron chi connectivity index (χ3n) is 3.55. The number of benzene rings is 1. The van der Waals surface area contributed by atoms with Crippen molar-refractivity contribution < 1.29 is 18.5 Å². The molecular formula is C16H14FN3O3. The Morgan fingerprint density at radius 1 is 1.30 bits per heavy atom. The second kappa shape index (κ2) is 5.77. The van der Waals surface area contributed by atoms with Gasteiger partial charge in [0.15, 0.2) is 0 Å². The van der Waals surface area contributed by atoms with Crippen molar-refractivity contribution in [3.05, 3.63) is 47.4 Å². The van der Waals surface area contributed by atoms with Crippen molar-refractivity contribution in [2.75, 3.05) is 14.2 Å². The lowest BCUT2D eigenvalue weighted by Gasteiger charge is -2.14. The zero-order valence-corrected chi connectivity index (χ0v) is 12.8. The number of fused-ring (bicyclic) bond motifs is 1. The molecule has 0 radical (unpaired) electrons. The Hall–Kier alpha value is -2.80. The summed E-state index contributed by atoms with van der Waals surface area (Å²) in [7, 11) is 2.91. The van der Waals surface area contributed by atoms with E-state index in [2.05, 4.69) is 10.1 Å². The normalized spacial score (nSPS) is 11.0. The molecule has 0 saturated carbocycles. The van der Waals surface area contributed by atoms with Gasteiger partial charge >= 0.3 is 0 Å². The highest BCUT2D eigenvalue weighted by atomic mass is 19.1. The lowest BCUT2D eigenvalue weighted by Crippen LogP contribution is -2.25. The standard InChI is InChI=1S/C16H14FN3O3/c1-9-14-12(16(21)20(2)22-3)8-13(18-15(14)23-19-9)10-4-6-11(17)7-5-10/h4-8H,1-3H3. The van der Waals surface area contributed by atoms with Crippen LogP contribution >= 0.6 is 0 Å². The zero-order valence-electron chi connectivity index (χ0n) is 12.8. The number of pyridine rings is 1. The van der Waals surface area contributed by atoms with Gasteiger partial charge in [0.2, 0.25) is 0 Å². The molecule has 6 nitrogen and oxygen atoms in total. The maximum atomic E-state index is 13.1. The molecule has 7 heteroatoms. The molecule has 2 heterocycles. The van der Waals surface area contributed by atoms with E-state index in [1.54, 1.807) is 25.1 Å². The van der Waals surface area contributed by atoms with Crippen LogP contribution in [0.2, 0.25) is 0 Å². The van der Waals surface area contributed by atoms with E-state index < -0.39 is 0 Å². The van der Waals surface area contributed by atoms with Crippen molar-refractivity contribution in [1.82, 2.24) is 15.2 Å². The molecule has 118 valence electrons. The number of hydrogen-bond donors (Lipinski definition) is 0. The first-order valence-corrected chi connectivity index (χ1v) is 6.86. The average molecular weight is 315 g/mol. The Bertz CT molecular complexity index is 874. The topological polar surface area (TPSA) is 68.5 Å². The minimum atomic E-state index is -0.352. The molecule has 3 aromatic rings. The summed E-state index contributed by atoms with van der Waals surface area (Å²) in [5.74, 6) is -0.699. The molecule has 0 aliphatic heterocycles. The van der Waals surface area contributed by atoms with Crippen LogP contribution < -0.4 is 0 Å². The van der Waals surface area contributed by atoms with E-state index in [4.69, 9.17) is 9.36 Å². The van der Waals surface area contributed by atoms with Crippen LogP contribution in [0.15, 0.2) is 34.9 Å². The summed E-state index contributed by atoms with van der Waals surface area (Å²) < 4.78 is 18.3. The molecule has 1 amide bonds. The number of carbonyl (C=O) groups is 1. The Kier molecular flexibility index (Phi) is 3.79. The van der Waals surface area contributed by atoms with Crippen molar-refractivity contribution in [2.45, 2.75) is 6.92 Å². The molecule has 0 N–H and O–H groups in total. The molecule has 0 aliphatic rings. The Labute approximate surface area is 131 Å². The number of aryl methyl sites for hydroxylation is 1. The number of nitrogens with zero attached hydrogens (tertiary/aromatic N) is 3. The van der Waals surface area contributed by atoms with Crippen molar-refractivity contribution in [3.8, 4) is 11.3 Å². The molecule has 0 spiro atoms. The van der Waals surface area contributed by atoms with Crippen LogP contribution in [0.25, 0.3) is 22.4 Å². The summed E-state index contributed by atoms with van der Waals surface area (Å²) in [6.07, 6.45) is 0. The van der Waals surface area contributed by atoms with Gasteiger partial charge in [-0.1, -0.05) is 5.16 Å². The van der Waals surface area contributed by atoms with Gasteiger partial charge in [0, 0.05) is 12.6 Å². The number of hydrogen-bond acceptors (Lipinski definition) is 5. The van der Waals surface area contributed by atoms with E-state index in [1.165, 1.54) is 26.3 Å². The number of carbonyl (C=O) groups excluding carboxylic acids is 1. The largest absolute Gasteiger partial charge is 0.335 e. The number of amides is 1. The molecule has 1 aromatic carbocycles. The average Bonchev–Trinajstić information content (AvgIpc) is 2.94. The predicted molar refractivity (Wildman–Crippen MR) is 81.0 cm³/mol. The number of aromatic nitrogens is 2. The molecule has 0 atom stereocenters. The first-order chi connectivity index (χ1) is 11.0. The molecule has 0 unspecified atom stereocenters. The minimum absolute atomic E-state index is 0.247. The van der Waals surface area contributed by atoms with Crippen LogP contribution in [0.5, 0.6) is 0 Å². The Morgan fingerprint density at radius 3 is 2.65 bits per heavy atom. The molecular weight excluding hydrogens is 301 g/mol. The minimum Gasteiger partial charge on any atom is -0.335 e. The van der Waals surface area contributed by atoms with Gasteiger partial charge in [-0.3, -0.25) is 9.63 Å². The highest BCUT2D eigenvalue weighted by molar-refractivity contribution is 6.06. The zero-order chi connectivity index (χ0) is 16.6. The second-order valence-corrected chi connectivity index (χ2v) is 5.00. The molecule has 2 aromatic heterocycles. The van der Waals surface area contributed by atoms with Crippen LogP contribution in [0, 0.1) is 12.7 Å². The van der Waals surface area contributed by atoms with E-state index in [-0.39, 0.29) is 17.4 Å². The maximum absolute atomic E-state index is 13.1. The molecule has 0 aliphatic carbocycles. The predicted octanol–water partition coefficient (Wildman–Crippen LogP) is 2.97. The van der Waals surface area contributed by atoms with Crippen molar-refractivity contribution in [2.24, 2.45) is 0 Å². The van der Waals surface area contributed by atoms with Gasteiger partial charge in [-0.2, -0.15) is 0 Å². The third kappa shape index (κ3) is 2.66. The monoisotopic (exact) mass is 315 g/mol. The summed E-state index contributed by atoms with van der Waals surface area (Å²) in [4.78, 5) is 21.8. The fourth-order valence-electron chi connectivity index (χ4n) is 2.28.